The zero-order valence-electron chi connectivity index (χ0n) is 15.7. The molecule has 0 aliphatic carbocycles. The van der Waals surface area contributed by atoms with Crippen LogP contribution >= 0.6 is 11.3 Å². The number of rotatable bonds is 6. The van der Waals surface area contributed by atoms with Gasteiger partial charge in [-0.25, -0.2) is 9.97 Å². The minimum Gasteiger partial charge on any atom is -0.489 e. The molecule has 2 aromatic heterocycles. The second-order valence-electron chi connectivity index (χ2n) is 6.40. The summed E-state index contributed by atoms with van der Waals surface area (Å²) in [6.45, 7) is 4.73. The summed E-state index contributed by atoms with van der Waals surface area (Å²) in [6, 6.07) is 18.0. The Bertz CT molecular complexity index is 1100. The minimum absolute atomic E-state index is 0.555. The number of hydrogen-bond donors (Lipinski definition) is 1. The second kappa shape index (κ2) is 8.19. The van der Waals surface area contributed by atoms with Crippen LogP contribution in [-0.2, 0) is 6.61 Å². The van der Waals surface area contributed by atoms with Crippen LogP contribution in [-0.4, -0.2) is 16.2 Å². The quantitative estimate of drug-likeness (QED) is 0.358. The zero-order valence-corrected chi connectivity index (χ0v) is 16.5. The Kier molecular flexibility index (Phi) is 5.30. The molecule has 0 aliphatic rings. The van der Waals surface area contributed by atoms with E-state index in [9.17, 15) is 0 Å². The fraction of sp³-hybridized carbons (Fsp3) is 0.136. The van der Waals surface area contributed by atoms with Crippen molar-refractivity contribution in [2.45, 2.75) is 20.5 Å². The van der Waals surface area contributed by atoms with Gasteiger partial charge in [0, 0.05) is 4.88 Å². The highest BCUT2D eigenvalue weighted by Gasteiger charge is 2.11. The number of fused-ring (bicyclic) bond motifs is 1. The minimum atomic E-state index is 0.555. The summed E-state index contributed by atoms with van der Waals surface area (Å²) in [7, 11) is 0. The summed E-state index contributed by atoms with van der Waals surface area (Å²) < 4.78 is 5.81. The van der Waals surface area contributed by atoms with Crippen molar-refractivity contribution in [1.82, 2.24) is 9.97 Å². The van der Waals surface area contributed by atoms with Crippen LogP contribution in [0.4, 0.5) is 5.82 Å². The smallest absolute Gasteiger partial charge is 0.158 e. The maximum absolute atomic E-state index is 5.81. The van der Waals surface area contributed by atoms with E-state index in [0.717, 1.165) is 32.9 Å². The zero-order chi connectivity index (χ0) is 19.3. The van der Waals surface area contributed by atoms with E-state index in [2.05, 4.69) is 34.3 Å². The molecule has 2 aromatic carbocycles. The molecule has 0 fully saturated rings. The van der Waals surface area contributed by atoms with Gasteiger partial charge in [-0.1, -0.05) is 30.3 Å². The monoisotopic (exact) mass is 388 g/mol. The third-order valence-electron chi connectivity index (χ3n) is 4.48. The standard InChI is InChI=1S/C22H20N4OS/c1-15-16(2)28-22-20(15)21(23-14-24-22)26-25-12-17-8-10-19(11-9-17)27-13-18-6-4-3-5-7-18/h3-12,14H,13H2,1-2H3,(H,23,24,26). The van der Waals surface area contributed by atoms with Crippen LogP contribution in [0.2, 0.25) is 0 Å². The number of thiophene rings is 1. The molecule has 0 amide bonds. The molecule has 140 valence electrons. The third kappa shape index (κ3) is 4.02. The number of benzene rings is 2. The molecule has 0 aliphatic heterocycles. The average molecular weight is 388 g/mol. The van der Waals surface area contributed by atoms with E-state index >= 15 is 0 Å². The molecule has 4 rings (SSSR count). The van der Waals surface area contributed by atoms with Crippen molar-refractivity contribution in [1.29, 1.82) is 0 Å². The lowest BCUT2D eigenvalue weighted by molar-refractivity contribution is 0.306. The summed E-state index contributed by atoms with van der Waals surface area (Å²) in [6.07, 6.45) is 3.33. The number of anilines is 1. The predicted octanol–water partition coefficient (Wildman–Crippen LogP) is 5.33. The molecule has 1 N–H and O–H groups in total. The summed E-state index contributed by atoms with van der Waals surface area (Å²) in [4.78, 5) is 10.9. The number of nitrogens with zero attached hydrogens (tertiary/aromatic N) is 3. The van der Waals surface area contributed by atoms with E-state index in [1.54, 1.807) is 23.9 Å². The fourth-order valence-electron chi connectivity index (χ4n) is 2.83. The van der Waals surface area contributed by atoms with Gasteiger partial charge in [0.1, 0.15) is 23.5 Å². The van der Waals surface area contributed by atoms with Crippen molar-refractivity contribution in [3.05, 3.63) is 82.5 Å². The van der Waals surface area contributed by atoms with Gasteiger partial charge in [0.05, 0.1) is 11.6 Å². The first-order valence-electron chi connectivity index (χ1n) is 8.97. The highest BCUT2D eigenvalue weighted by Crippen LogP contribution is 2.32. The van der Waals surface area contributed by atoms with Crippen molar-refractivity contribution >= 4 is 33.6 Å². The first-order valence-corrected chi connectivity index (χ1v) is 9.79. The highest BCUT2D eigenvalue weighted by molar-refractivity contribution is 7.18. The number of aromatic nitrogens is 2. The van der Waals surface area contributed by atoms with E-state index < -0.39 is 0 Å². The number of hydrogen-bond acceptors (Lipinski definition) is 6. The predicted molar refractivity (Wildman–Crippen MR) is 115 cm³/mol. The molecule has 0 spiro atoms. The molecule has 5 nitrogen and oxygen atoms in total. The van der Waals surface area contributed by atoms with Crippen molar-refractivity contribution in [3.63, 3.8) is 0 Å². The van der Waals surface area contributed by atoms with Crippen molar-refractivity contribution in [2.24, 2.45) is 5.10 Å². The molecular weight excluding hydrogens is 368 g/mol. The lowest BCUT2D eigenvalue weighted by atomic mass is 10.2. The SMILES string of the molecule is Cc1sc2ncnc(NN=Cc3ccc(OCc4ccccc4)cc3)c2c1C. The molecule has 28 heavy (non-hydrogen) atoms. The molecular formula is C22H20N4OS. The summed E-state index contributed by atoms with van der Waals surface area (Å²) in [5.41, 5.74) is 6.36. The molecule has 0 saturated heterocycles. The van der Waals surface area contributed by atoms with E-state index in [0.29, 0.717) is 6.61 Å². The lowest BCUT2D eigenvalue weighted by Crippen LogP contribution is -1.96. The van der Waals surface area contributed by atoms with Crippen LogP contribution in [0.15, 0.2) is 66.0 Å². The van der Waals surface area contributed by atoms with Gasteiger partial charge < -0.3 is 4.74 Å². The average Bonchev–Trinajstić information content (AvgIpc) is 3.03. The maximum Gasteiger partial charge on any atom is 0.158 e. The van der Waals surface area contributed by atoms with Crippen LogP contribution in [0.25, 0.3) is 10.2 Å². The first kappa shape index (κ1) is 18.1. The Morgan fingerprint density at radius 1 is 1.04 bits per heavy atom. The van der Waals surface area contributed by atoms with Gasteiger partial charge in [0.25, 0.3) is 0 Å². The van der Waals surface area contributed by atoms with Gasteiger partial charge in [0.15, 0.2) is 5.82 Å². The molecule has 0 bridgehead atoms. The Morgan fingerprint density at radius 2 is 1.82 bits per heavy atom. The molecule has 0 unspecified atom stereocenters. The largest absolute Gasteiger partial charge is 0.489 e. The summed E-state index contributed by atoms with van der Waals surface area (Å²) in [5, 5.41) is 5.37. The molecule has 2 heterocycles. The van der Waals surface area contributed by atoms with Gasteiger partial charge in [0.2, 0.25) is 0 Å². The Labute approximate surface area is 167 Å². The molecule has 0 atom stereocenters. The normalized spacial score (nSPS) is 11.2. The van der Waals surface area contributed by atoms with Crippen LogP contribution in [0, 0.1) is 13.8 Å². The highest BCUT2D eigenvalue weighted by atomic mass is 32.1. The van der Waals surface area contributed by atoms with Crippen LogP contribution in [0.1, 0.15) is 21.6 Å². The first-order chi connectivity index (χ1) is 13.7. The van der Waals surface area contributed by atoms with E-state index in [1.165, 1.54) is 10.4 Å². The molecule has 6 heteroatoms. The van der Waals surface area contributed by atoms with Crippen LogP contribution < -0.4 is 10.2 Å². The van der Waals surface area contributed by atoms with E-state index in [4.69, 9.17) is 4.74 Å². The molecule has 0 saturated carbocycles. The van der Waals surface area contributed by atoms with Crippen molar-refractivity contribution < 1.29 is 4.74 Å². The number of aryl methyl sites for hydroxylation is 2. The van der Waals surface area contributed by atoms with Gasteiger partial charge in [-0.3, -0.25) is 5.43 Å². The van der Waals surface area contributed by atoms with Gasteiger partial charge >= 0.3 is 0 Å². The topological polar surface area (TPSA) is 59.4 Å². The van der Waals surface area contributed by atoms with E-state index in [-0.39, 0.29) is 0 Å². The maximum atomic E-state index is 5.81. The van der Waals surface area contributed by atoms with Crippen LogP contribution in [0.3, 0.4) is 0 Å². The third-order valence-corrected chi connectivity index (χ3v) is 5.59. The van der Waals surface area contributed by atoms with E-state index in [1.807, 2.05) is 54.6 Å². The van der Waals surface area contributed by atoms with Gasteiger partial charge in [-0.2, -0.15) is 5.10 Å². The molecule has 0 radical (unpaired) electrons. The van der Waals surface area contributed by atoms with Gasteiger partial charge in [-0.15, -0.1) is 11.3 Å². The van der Waals surface area contributed by atoms with Crippen LogP contribution in [0.5, 0.6) is 5.75 Å². The number of ether oxygens (including phenoxy) is 1. The Morgan fingerprint density at radius 3 is 2.61 bits per heavy atom. The summed E-state index contributed by atoms with van der Waals surface area (Å²) in [5.74, 6) is 1.56. The molecule has 4 aromatic rings. The summed E-state index contributed by atoms with van der Waals surface area (Å²) >= 11 is 1.67. The van der Waals surface area contributed by atoms with Crippen molar-refractivity contribution in [3.8, 4) is 5.75 Å². The Hall–Kier alpha value is -3.25. The van der Waals surface area contributed by atoms with Crippen molar-refractivity contribution in [2.75, 3.05) is 5.43 Å². The second-order valence-corrected chi connectivity index (χ2v) is 7.60. The fourth-order valence-corrected chi connectivity index (χ4v) is 3.82. The lowest BCUT2D eigenvalue weighted by Gasteiger charge is -2.06. The number of hydrazone groups is 1. The van der Waals surface area contributed by atoms with Gasteiger partial charge in [-0.05, 0) is 54.8 Å². The Balaban J connectivity index is 1.40. The number of nitrogens with one attached hydrogen (secondary N) is 1.